The first-order chi connectivity index (χ1) is 10.8. The number of hydrogen-bond donors (Lipinski definition) is 1. The number of rotatable bonds is 3. The van der Waals surface area contributed by atoms with E-state index in [4.69, 9.17) is 11.6 Å². The SMILES string of the molecule is CS(=O)(=O)c1cccc(C(=O)Nc2nc3c(Cl)cccc3s2)c1. The summed E-state index contributed by atoms with van der Waals surface area (Å²) in [7, 11) is -3.37. The highest BCUT2D eigenvalue weighted by Crippen LogP contribution is 2.30. The van der Waals surface area contributed by atoms with Crippen molar-refractivity contribution in [3.05, 3.63) is 53.1 Å². The standard InChI is InChI=1S/C15H11ClN2O3S2/c1-23(20,21)10-5-2-4-9(8-10)14(19)18-15-17-13-11(16)6-3-7-12(13)22-15/h2-8H,1H3,(H,17,18,19). The van der Waals surface area contributed by atoms with Crippen LogP contribution in [0, 0.1) is 0 Å². The summed E-state index contributed by atoms with van der Waals surface area (Å²) in [6, 6.07) is 11.3. The fraction of sp³-hybridized carbons (Fsp3) is 0.0667. The van der Waals surface area contributed by atoms with E-state index in [0.717, 1.165) is 11.0 Å². The minimum Gasteiger partial charge on any atom is -0.298 e. The summed E-state index contributed by atoms with van der Waals surface area (Å²) in [5.74, 6) is -0.425. The molecule has 0 saturated carbocycles. The number of amides is 1. The van der Waals surface area contributed by atoms with Crippen LogP contribution in [0.1, 0.15) is 10.4 Å². The van der Waals surface area contributed by atoms with Gasteiger partial charge in [0.25, 0.3) is 5.91 Å². The highest BCUT2D eigenvalue weighted by atomic mass is 35.5. The van der Waals surface area contributed by atoms with Crippen molar-refractivity contribution < 1.29 is 13.2 Å². The minimum atomic E-state index is -3.37. The van der Waals surface area contributed by atoms with E-state index >= 15 is 0 Å². The van der Waals surface area contributed by atoms with Gasteiger partial charge in [-0.1, -0.05) is 35.1 Å². The molecular weight excluding hydrogens is 356 g/mol. The van der Waals surface area contributed by atoms with E-state index in [1.807, 2.05) is 12.1 Å². The zero-order chi connectivity index (χ0) is 16.6. The molecule has 0 unspecified atom stereocenters. The number of aromatic nitrogens is 1. The number of anilines is 1. The molecule has 1 aromatic heterocycles. The number of halogens is 1. The van der Waals surface area contributed by atoms with Crippen LogP contribution in [0.2, 0.25) is 5.02 Å². The lowest BCUT2D eigenvalue weighted by Gasteiger charge is -2.03. The van der Waals surface area contributed by atoms with Gasteiger partial charge in [-0.25, -0.2) is 13.4 Å². The predicted octanol–water partition coefficient (Wildman–Crippen LogP) is 3.61. The second-order valence-electron chi connectivity index (χ2n) is 4.86. The highest BCUT2D eigenvalue weighted by Gasteiger charge is 2.14. The van der Waals surface area contributed by atoms with Crippen molar-refractivity contribution in [2.45, 2.75) is 4.90 Å². The van der Waals surface area contributed by atoms with Crippen LogP contribution in [-0.2, 0) is 9.84 Å². The largest absolute Gasteiger partial charge is 0.298 e. The van der Waals surface area contributed by atoms with E-state index < -0.39 is 15.7 Å². The summed E-state index contributed by atoms with van der Waals surface area (Å²) in [6.45, 7) is 0. The van der Waals surface area contributed by atoms with Crippen molar-refractivity contribution in [1.82, 2.24) is 4.98 Å². The van der Waals surface area contributed by atoms with Crippen LogP contribution in [0.4, 0.5) is 5.13 Å². The van der Waals surface area contributed by atoms with Crippen LogP contribution in [0.5, 0.6) is 0 Å². The van der Waals surface area contributed by atoms with Crippen LogP contribution in [0.3, 0.4) is 0 Å². The lowest BCUT2D eigenvalue weighted by Crippen LogP contribution is -2.12. The van der Waals surface area contributed by atoms with Gasteiger partial charge < -0.3 is 0 Å². The van der Waals surface area contributed by atoms with Crippen molar-refractivity contribution in [2.75, 3.05) is 11.6 Å². The number of sulfone groups is 1. The van der Waals surface area contributed by atoms with Crippen molar-refractivity contribution in [3.63, 3.8) is 0 Å². The average Bonchev–Trinajstić information content (AvgIpc) is 2.90. The first kappa shape index (κ1) is 15.9. The monoisotopic (exact) mass is 366 g/mol. The van der Waals surface area contributed by atoms with Crippen molar-refractivity contribution >= 4 is 54.0 Å². The lowest BCUT2D eigenvalue weighted by atomic mass is 10.2. The molecule has 1 heterocycles. The van der Waals surface area contributed by atoms with Crippen molar-refractivity contribution in [3.8, 4) is 0 Å². The van der Waals surface area contributed by atoms with Crippen LogP contribution in [0.25, 0.3) is 10.2 Å². The van der Waals surface area contributed by atoms with Crippen LogP contribution >= 0.6 is 22.9 Å². The summed E-state index contributed by atoms with van der Waals surface area (Å²) in [6.07, 6.45) is 1.10. The molecule has 8 heteroatoms. The first-order valence-electron chi connectivity index (χ1n) is 6.51. The van der Waals surface area contributed by atoms with Gasteiger partial charge in [0.15, 0.2) is 15.0 Å². The summed E-state index contributed by atoms with van der Waals surface area (Å²) < 4.78 is 24.0. The number of carbonyl (C=O) groups is 1. The fourth-order valence-electron chi connectivity index (χ4n) is 2.01. The molecule has 0 radical (unpaired) electrons. The number of benzene rings is 2. The predicted molar refractivity (Wildman–Crippen MR) is 92.1 cm³/mol. The average molecular weight is 367 g/mol. The topological polar surface area (TPSA) is 76.1 Å². The quantitative estimate of drug-likeness (QED) is 0.768. The van der Waals surface area contributed by atoms with Crippen LogP contribution in [0.15, 0.2) is 47.4 Å². The molecule has 3 aromatic rings. The Hall–Kier alpha value is -1.96. The van der Waals surface area contributed by atoms with Gasteiger partial charge in [-0.2, -0.15) is 0 Å². The lowest BCUT2D eigenvalue weighted by molar-refractivity contribution is 0.102. The Morgan fingerprint density at radius 2 is 1.96 bits per heavy atom. The van der Waals surface area contributed by atoms with E-state index in [0.29, 0.717) is 15.7 Å². The molecule has 0 spiro atoms. The maximum absolute atomic E-state index is 12.3. The van der Waals surface area contributed by atoms with Crippen LogP contribution in [-0.4, -0.2) is 25.6 Å². The Bertz CT molecular complexity index is 1010. The molecule has 2 aromatic carbocycles. The van der Waals surface area contributed by atoms with E-state index in [9.17, 15) is 13.2 Å². The van der Waals surface area contributed by atoms with Crippen molar-refractivity contribution in [2.24, 2.45) is 0 Å². The molecule has 0 aliphatic carbocycles. The van der Waals surface area contributed by atoms with Gasteiger partial charge in [0.2, 0.25) is 0 Å². The molecule has 1 N–H and O–H groups in total. The second-order valence-corrected chi connectivity index (χ2v) is 8.31. The normalized spacial score (nSPS) is 11.6. The second kappa shape index (κ2) is 5.92. The molecule has 3 rings (SSSR count). The third-order valence-corrected chi connectivity index (χ3v) is 5.47. The van der Waals surface area contributed by atoms with E-state index in [1.54, 1.807) is 12.1 Å². The number of fused-ring (bicyclic) bond motifs is 1. The van der Waals surface area contributed by atoms with Gasteiger partial charge in [-0.05, 0) is 30.3 Å². The van der Waals surface area contributed by atoms with Gasteiger partial charge in [-0.3, -0.25) is 10.1 Å². The summed E-state index contributed by atoms with van der Waals surface area (Å²) in [4.78, 5) is 16.7. The third-order valence-electron chi connectivity index (χ3n) is 3.11. The third kappa shape index (κ3) is 3.36. The maximum Gasteiger partial charge on any atom is 0.257 e. The van der Waals surface area contributed by atoms with Gasteiger partial charge in [-0.15, -0.1) is 0 Å². The van der Waals surface area contributed by atoms with E-state index in [2.05, 4.69) is 10.3 Å². The molecular formula is C15H11ClN2O3S2. The van der Waals surface area contributed by atoms with E-state index in [-0.39, 0.29) is 10.5 Å². The Kier molecular flexibility index (Phi) is 4.09. The summed E-state index contributed by atoms with van der Waals surface area (Å²) >= 11 is 7.36. The molecule has 0 aliphatic rings. The van der Waals surface area contributed by atoms with Gasteiger partial charge in [0, 0.05) is 11.8 Å². The number of thiazole rings is 1. The molecule has 23 heavy (non-hydrogen) atoms. The Morgan fingerprint density at radius 1 is 1.22 bits per heavy atom. The fourth-order valence-corrected chi connectivity index (χ4v) is 3.83. The molecule has 0 aliphatic heterocycles. The molecule has 0 atom stereocenters. The van der Waals surface area contributed by atoms with Crippen molar-refractivity contribution in [1.29, 1.82) is 0 Å². The zero-order valence-corrected chi connectivity index (χ0v) is 14.3. The molecule has 0 saturated heterocycles. The Morgan fingerprint density at radius 3 is 2.65 bits per heavy atom. The minimum absolute atomic E-state index is 0.0949. The number of nitrogens with zero attached hydrogens (tertiary/aromatic N) is 1. The molecule has 118 valence electrons. The van der Waals surface area contributed by atoms with Gasteiger partial charge in [0.05, 0.1) is 14.6 Å². The van der Waals surface area contributed by atoms with Gasteiger partial charge >= 0.3 is 0 Å². The Balaban J connectivity index is 1.90. The van der Waals surface area contributed by atoms with Gasteiger partial charge in [0.1, 0.15) is 5.52 Å². The number of nitrogens with one attached hydrogen (secondary N) is 1. The Labute approximate surface area is 141 Å². The van der Waals surface area contributed by atoms with E-state index in [1.165, 1.54) is 29.5 Å². The molecule has 5 nitrogen and oxygen atoms in total. The number of carbonyl (C=O) groups excluding carboxylic acids is 1. The summed E-state index contributed by atoms with van der Waals surface area (Å²) in [5, 5.41) is 3.59. The highest BCUT2D eigenvalue weighted by molar-refractivity contribution is 7.90. The molecule has 0 bridgehead atoms. The zero-order valence-electron chi connectivity index (χ0n) is 11.9. The molecule has 1 amide bonds. The number of hydrogen-bond acceptors (Lipinski definition) is 5. The maximum atomic E-state index is 12.3. The smallest absolute Gasteiger partial charge is 0.257 e. The van der Waals surface area contributed by atoms with Crippen LogP contribution < -0.4 is 5.32 Å². The molecule has 0 fully saturated rings. The summed E-state index contributed by atoms with van der Waals surface area (Å²) in [5.41, 5.74) is 0.873. The number of para-hydroxylation sites is 1. The first-order valence-corrected chi connectivity index (χ1v) is 9.60.